The summed E-state index contributed by atoms with van der Waals surface area (Å²) in [4.78, 5) is 11.2. The lowest BCUT2D eigenvalue weighted by Gasteiger charge is -2.08. The van der Waals surface area contributed by atoms with Crippen LogP contribution in [0, 0.1) is 5.92 Å². The Morgan fingerprint density at radius 3 is 2.67 bits per heavy atom. The molecule has 0 aromatic carbocycles. The molecule has 0 bridgehead atoms. The van der Waals surface area contributed by atoms with Crippen molar-refractivity contribution in [2.24, 2.45) is 5.92 Å². The summed E-state index contributed by atoms with van der Waals surface area (Å²) in [5.41, 5.74) is 0. The molecule has 2 nitrogen and oxygen atoms in total. The van der Waals surface area contributed by atoms with Crippen LogP contribution in [0.3, 0.4) is 0 Å². The molecule has 0 aliphatic carbocycles. The van der Waals surface area contributed by atoms with Gasteiger partial charge in [0.2, 0.25) is 0 Å². The van der Waals surface area contributed by atoms with Crippen LogP contribution in [0.15, 0.2) is 12.7 Å². The standard InChI is InChI=1S/C10H18O2/c1-4-7-8-12-10(11)9(5-2)6-3/h5,9H,2,4,6-8H2,1,3H3/t9-/m0/s1. The van der Waals surface area contributed by atoms with E-state index >= 15 is 0 Å². The second-order valence-corrected chi connectivity index (χ2v) is 2.77. The normalized spacial score (nSPS) is 12.2. The molecular formula is C10H18O2. The van der Waals surface area contributed by atoms with Crippen LogP contribution in [0.5, 0.6) is 0 Å². The Kier molecular flexibility index (Phi) is 6.44. The van der Waals surface area contributed by atoms with E-state index in [0.717, 1.165) is 19.3 Å². The van der Waals surface area contributed by atoms with Crippen LogP contribution in [0.25, 0.3) is 0 Å². The molecule has 1 atom stereocenters. The average Bonchev–Trinajstić information content (AvgIpc) is 2.07. The Bertz CT molecular complexity index is 141. The van der Waals surface area contributed by atoms with Crippen molar-refractivity contribution in [2.75, 3.05) is 6.61 Å². The fourth-order valence-corrected chi connectivity index (χ4v) is 0.854. The lowest BCUT2D eigenvalue weighted by atomic mass is 10.1. The SMILES string of the molecule is C=C[C@@H](CC)C(=O)OCCCC. The fraction of sp³-hybridized carbons (Fsp3) is 0.700. The minimum atomic E-state index is -0.138. The molecule has 0 amide bonds. The highest BCUT2D eigenvalue weighted by Crippen LogP contribution is 2.06. The zero-order valence-corrected chi connectivity index (χ0v) is 8.01. The van der Waals surface area contributed by atoms with Crippen molar-refractivity contribution in [3.63, 3.8) is 0 Å². The summed E-state index contributed by atoms with van der Waals surface area (Å²) in [6.07, 6.45) is 4.42. The molecule has 0 rings (SSSR count). The molecule has 70 valence electrons. The third-order valence-electron chi connectivity index (χ3n) is 1.77. The third kappa shape index (κ3) is 4.16. The Morgan fingerprint density at radius 2 is 2.25 bits per heavy atom. The van der Waals surface area contributed by atoms with Crippen LogP contribution >= 0.6 is 0 Å². The van der Waals surface area contributed by atoms with Gasteiger partial charge in [0.05, 0.1) is 12.5 Å². The zero-order chi connectivity index (χ0) is 9.40. The summed E-state index contributed by atoms with van der Waals surface area (Å²) in [6, 6.07) is 0. The van der Waals surface area contributed by atoms with Crippen molar-refractivity contribution in [2.45, 2.75) is 33.1 Å². The number of ether oxygens (including phenoxy) is 1. The molecular weight excluding hydrogens is 152 g/mol. The second-order valence-electron chi connectivity index (χ2n) is 2.77. The van der Waals surface area contributed by atoms with Crippen LogP contribution in [0.1, 0.15) is 33.1 Å². The van der Waals surface area contributed by atoms with E-state index in [4.69, 9.17) is 4.74 Å². The average molecular weight is 170 g/mol. The first-order valence-corrected chi connectivity index (χ1v) is 4.55. The van der Waals surface area contributed by atoms with Gasteiger partial charge in [-0.05, 0) is 12.8 Å². The van der Waals surface area contributed by atoms with Crippen LogP contribution < -0.4 is 0 Å². The van der Waals surface area contributed by atoms with E-state index < -0.39 is 0 Å². The first-order chi connectivity index (χ1) is 5.76. The molecule has 0 saturated heterocycles. The summed E-state index contributed by atoms with van der Waals surface area (Å²) in [6.45, 7) is 8.14. The molecule has 0 radical (unpaired) electrons. The second kappa shape index (κ2) is 6.89. The van der Waals surface area contributed by atoms with Crippen LogP contribution in [0.4, 0.5) is 0 Å². The smallest absolute Gasteiger partial charge is 0.312 e. The Balaban J connectivity index is 3.62. The van der Waals surface area contributed by atoms with Crippen molar-refractivity contribution in [3.8, 4) is 0 Å². The van der Waals surface area contributed by atoms with Gasteiger partial charge in [0, 0.05) is 0 Å². The summed E-state index contributed by atoms with van der Waals surface area (Å²) < 4.78 is 5.02. The topological polar surface area (TPSA) is 26.3 Å². The van der Waals surface area contributed by atoms with E-state index in [9.17, 15) is 4.79 Å². The van der Waals surface area contributed by atoms with Crippen LogP contribution in [0.2, 0.25) is 0 Å². The van der Waals surface area contributed by atoms with Gasteiger partial charge in [-0.2, -0.15) is 0 Å². The van der Waals surface area contributed by atoms with E-state index in [-0.39, 0.29) is 11.9 Å². The third-order valence-corrected chi connectivity index (χ3v) is 1.77. The summed E-state index contributed by atoms with van der Waals surface area (Å²) in [5, 5.41) is 0. The van der Waals surface area contributed by atoms with E-state index in [1.54, 1.807) is 6.08 Å². The van der Waals surface area contributed by atoms with Gasteiger partial charge in [0.25, 0.3) is 0 Å². The first kappa shape index (κ1) is 11.2. The van der Waals surface area contributed by atoms with Crippen molar-refractivity contribution < 1.29 is 9.53 Å². The molecule has 0 aromatic heterocycles. The quantitative estimate of drug-likeness (QED) is 0.348. The molecule has 0 unspecified atom stereocenters. The number of carbonyl (C=O) groups excluding carboxylic acids is 1. The summed E-state index contributed by atoms with van der Waals surface area (Å²) in [7, 11) is 0. The van der Waals surface area contributed by atoms with E-state index in [1.807, 2.05) is 6.92 Å². The molecule has 0 aliphatic heterocycles. The van der Waals surface area contributed by atoms with Gasteiger partial charge < -0.3 is 4.74 Å². The summed E-state index contributed by atoms with van der Waals surface area (Å²) in [5.74, 6) is -0.261. The van der Waals surface area contributed by atoms with E-state index in [0.29, 0.717) is 6.61 Å². The van der Waals surface area contributed by atoms with Crippen LogP contribution in [-0.4, -0.2) is 12.6 Å². The van der Waals surface area contributed by atoms with Gasteiger partial charge in [-0.3, -0.25) is 4.79 Å². The predicted molar refractivity (Wildman–Crippen MR) is 49.8 cm³/mol. The Hall–Kier alpha value is -0.790. The number of hydrogen-bond donors (Lipinski definition) is 0. The maximum Gasteiger partial charge on any atom is 0.312 e. The van der Waals surface area contributed by atoms with E-state index in [2.05, 4.69) is 13.5 Å². The first-order valence-electron chi connectivity index (χ1n) is 4.55. The molecule has 12 heavy (non-hydrogen) atoms. The Labute approximate surface area is 74.6 Å². The highest BCUT2D eigenvalue weighted by atomic mass is 16.5. The maximum absolute atomic E-state index is 11.2. The van der Waals surface area contributed by atoms with E-state index in [1.165, 1.54) is 0 Å². The molecule has 0 heterocycles. The van der Waals surface area contributed by atoms with Crippen molar-refractivity contribution >= 4 is 5.97 Å². The number of esters is 1. The lowest BCUT2D eigenvalue weighted by molar-refractivity contribution is -0.147. The summed E-state index contributed by atoms with van der Waals surface area (Å²) >= 11 is 0. The van der Waals surface area contributed by atoms with Gasteiger partial charge in [0.15, 0.2) is 0 Å². The number of rotatable bonds is 6. The predicted octanol–water partition coefficient (Wildman–Crippen LogP) is 2.54. The number of hydrogen-bond acceptors (Lipinski definition) is 2. The molecule has 0 fully saturated rings. The van der Waals surface area contributed by atoms with Gasteiger partial charge >= 0.3 is 5.97 Å². The highest BCUT2D eigenvalue weighted by Gasteiger charge is 2.12. The molecule has 0 N–H and O–H groups in total. The van der Waals surface area contributed by atoms with Gasteiger partial charge in [0.1, 0.15) is 0 Å². The molecule has 0 aliphatic rings. The van der Waals surface area contributed by atoms with Crippen molar-refractivity contribution in [1.29, 1.82) is 0 Å². The fourth-order valence-electron chi connectivity index (χ4n) is 0.854. The molecule has 0 aromatic rings. The number of carbonyl (C=O) groups is 1. The Morgan fingerprint density at radius 1 is 1.58 bits per heavy atom. The molecule has 0 saturated carbocycles. The van der Waals surface area contributed by atoms with Gasteiger partial charge in [-0.1, -0.05) is 26.3 Å². The number of unbranched alkanes of at least 4 members (excludes halogenated alkanes) is 1. The minimum absolute atomic E-state index is 0.123. The van der Waals surface area contributed by atoms with Crippen LogP contribution in [-0.2, 0) is 9.53 Å². The molecule has 0 spiro atoms. The maximum atomic E-state index is 11.2. The van der Waals surface area contributed by atoms with Crippen molar-refractivity contribution in [3.05, 3.63) is 12.7 Å². The zero-order valence-electron chi connectivity index (χ0n) is 8.01. The largest absolute Gasteiger partial charge is 0.465 e. The molecule has 2 heteroatoms. The van der Waals surface area contributed by atoms with Gasteiger partial charge in [-0.25, -0.2) is 0 Å². The van der Waals surface area contributed by atoms with Gasteiger partial charge in [-0.15, -0.1) is 6.58 Å². The highest BCUT2D eigenvalue weighted by molar-refractivity contribution is 5.74. The monoisotopic (exact) mass is 170 g/mol. The lowest BCUT2D eigenvalue weighted by Crippen LogP contribution is -2.15. The minimum Gasteiger partial charge on any atom is -0.465 e. The van der Waals surface area contributed by atoms with Crippen molar-refractivity contribution in [1.82, 2.24) is 0 Å².